The van der Waals surface area contributed by atoms with Crippen LogP contribution in [-0.2, 0) is 52.7 Å². The molecule has 460 valence electrons. The smallest absolute Gasteiger partial charge is 0.322 e. The SMILES string of the molecule is C[C@H](NC(=O)[C@H](C)NC(=O)[C@H](CCCN=C(N)N)NC(=O)[C@@H](N)CCCN=C(N)N)C(=O)N[C@@H](C)C(=O)N[C@@H](CCCN=C(N)N)C(=O)N[C@@H](C)C(=O)N[C@@H](CCCCN)C(=O)N[C@@H](CCCCN)C(=O)N[C@@H](C)C(=O)NCC(=O)O. The Labute approximate surface area is 470 Å². The number of carboxylic acid groups (broad SMARTS) is 1. The summed E-state index contributed by atoms with van der Waals surface area (Å²) in [6.07, 6.45) is 2.72. The van der Waals surface area contributed by atoms with Crippen molar-refractivity contribution in [2.75, 3.05) is 39.3 Å². The van der Waals surface area contributed by atoms with Gasteiger partial charge in [0, 0.05) is 19.6 Å². The number of carboxylic acids is 1. The van der Waals surface area contributed by atoms with E-state index >= 15 is 0 Å². The van der Waals surface area contributed by atoms with Crippen LogP contribution in [0, 0.1) is 0 Å². The maximum atomic E-state index is 13.8. The zero-order valence-corrected chi connectivity index (χ0v) is 47.0. The molecule has 0 heterocycles. The van der Waals surface area contributed by atoms with Gasteiger partial charge in [-0.3, -0.25) is 67.7 Å². The molecule has 0 spiro atoms. The van der Waals surface area contributed by atoms with E-state index in [0.29, 0.717) is 32.1 Å². The van der Waals surface area contributed by atoms with E-state index in [1.54, 1.807) is 0 Å². The Morgan fingerprint density at radius 3 is 0.938 bits per heavy atom. The third-order valence-electron chi connectivity index (χ3n) is 11.8. The Morgan fingerprint density at radius 2 is 0.617 bits per heavy atom. The van der Waals surface area contributed by atoms with Gasteiger partial charge in [0.05, 0.1) is 6.04 Å². The summed E-state index contributed by atoms with van der Waals surface area (Å²) in [7, 11) is 0. The summed E-state index contributed by atoms with van der Waals surface area (Å²) in [6, 6.07) is -12.4. The summed E-state index contributed by atoms with van der Waals surface area (Å²) in [5.74, 6) is -9.80. The Kier molecular flexibility index (Phi) is 36.1. The number of amides is 10. The topological polar surface area (TPSA) is 600 Å². The molecule has 0 radical (unpaired) electrons. The Bertz CT molecular complexity index is 2170. The highest BCUT2D eigenvalue weighted by Gasteiger charge is 2.33. The third-order valence-corrected chi connectivity index (χ3v) is 11.8. The molecule has 0 fully saturated rings. The lowest BCUT2D eigenvalue weighted by Gasteiger charge is -2.26. The first-order valence-electron chi connectivity index (χ1n) is 26.6. The minimum Gasteiger partial charge on any atom is -0.480 e. The molecule has 34 heteroatoms. The van der Waals surface area contributed by atoms with E-state index in [4.69, 9.17) is 56.7 Å². The zero-order chi connectivity index (χ0) is 61.8. The van der Waals surface area contributed by atoms with Crippen LogP contribution in [0.3, 0.4) is 0 Å². The fourth-order valence-electron chi connectivity index (χ4n) is 7.13. The fraction of sp³-hybridized carbons (Fsp3) is 0.702. The molecular weight excluding hydrogens is 1060 g/mol. The number of carbonyl (C=O) groups is 11. The van der Waals surface area contributed by atoms with Crippen molar-refractivity contribution >= 4 is 82.9 Å². The summed E-state index contributed by atoms with van der Waals surface area (Å²) in [6.45, 7) is 6.80. The van der Waals surface area contributed by atoms with Gasteiger partial charge in [0.15, 0.2) is 17.9 Å². The van der Waals surface area contributed by atoms with Crippen molar-refractivity contribution in [3.8, 4) is 0 Å². The van der Waals surface area contributed by atoms with Gasteiger partial charge in [-0.2, -0.15) is 0 Å². The summed E-state index contributed by atoms with van der Waals surface area (Å²) in [4.78, 5) is 156. The van der Waals surface area contributed by atoms with E-state index in [2.05, 4.69) is 68.1 Å². The molecule has 0 aromatic rings. The van der Waals surface area contributed by atoms with Crippen molar-refractivity contribution < 1.29 is 57.8 Å². The van der Waals surface area contributed by atoms with E-state index < -0.39 is 132 Å². The maximum Gasteiger partial charge on any atom is 0.322 e. The molecular formula is C47H90N22O12. The Hall–Kier alpha value is -8.14. The van der Waals surface area contributed by atoms with Crippen molar-refractivity contribution in [1.82, 2.24) is 53.2 Å². The highest BCUT2D eigenvalue weighted by molar-refractivity contribution is 5.98. The molecule has 0 saturated heterocycles. The molecule has 0 aliphatic rings. The first kappa shape index (κ1) is 72.9. The number of carbonyl (C=O) groups excluding carboxylic acids is 10. The lowest BCUT2D eigenvalue weighted by atomic mass is 10.0. The molecule has 10 amide bonds. The number of hydrogen-bond donors (Lipinski definition) is 20. The summed E-state index contributed by atoms with van der Waals surface area (Å²) in [5, 5.41) is 33.7. The van der Waals surface area contributed by atoms with Crippen molar-refractivity contribution in [2.45, 2.75) is 172 Å². The van der Waals surface area contributed by atoms with E-state index in [-0.39, 0.29) is 95.5 Å². The summed E-state index contributed by atoms with van der Waals surface area (Å²) in [5.41, 5.74) is 49.7. The number of nitrogens with two attached hydrogens (primary N) is 9. The highest BCUT2D eigenvalue weighted by Crippen LogP contribution is 2.08. The van der Waals surface area contributed by atoms with Gasteiger partial charge in [0.2, 0.25) is 59.1 Å². The van der Waals surface area contributed by atoms with Gasteiger partial charge in [-0.1, -0.05) is 0 Å². The number of aliphatic imine (C=N–C) groups is 3. The minimum absolute atomic E-state index is 0.0355. The fourth-order valence-corrected chi connectivity index (χ4v) is 7.13. The maximum absolute atomic E-state index is 13.8. The number of rotatable bonds is 41. The number of unbranched alkanes of at least 4 members (excludes halogenated alkanes) is 2. The highest BCUT2D eigenvalue weighted by atomic mass is 16.4. The molecule has 0 rings (SSSR count). The zero-order valence-electron chi connectivity index (χ0n) is 47.0. The van der Waals surface area contributed by atoms with E-state index in [1.807, 2.05) is 0 Å². The molecule has 0 bridgehead atoms. The molecule has 29 N–H and O–H groups in total. The molecule has 10 atom stereocenters. The van der Waals surface area contributed by atoms with Gasteiger partial charge in [0.1, 0.15) is 60.9 Å². The van der Waals surface area contributed by atoms with E-state index in [0.717, 1.165) is 0 Å². The summed E-state index contributed by atoms with van der Waals surface area (Å²) >= 11 is 0. The van der Waals surface area contributed by atoms with E-state index in [1.165, 1.54) is 34.6 Å². The molecule has 0 aromatic carbocycles. The van der Waals surface area contributed by atoms with Crippen molar-refractivity contribution in [3.05, 3.63) is 0 Å². The van der Waals surface area contributed by atoms with Crippen molar-refractivity contribution in [2.24, 2.45) is 66.6 Å². The van der Waals surface area contributed by atoms with Crippen LogP contribution < -0.4 is 105 Å². The predicted octanol–water partition coefficient (Wildman–Crippen LogP) is -8.60. The van der Waals surface area contributed by atoms with Crippen LogP contribution >= 0.6 is 0 Å². The van der Waals surface area contributed by atoms with Gasteiger partial charge in [0.25, 0.3) is 0 Å². The van der Waals surface area contributed by atoms with Gasteiger partial charge in [-0.25, -0.2) is 0 Å². The second-order valence-corrected chi connectivity index (χ2v) is 19.0. The van der Waals surface area contributed by atoms with Gasteiger partial charge in [-0.15, -0.1) is 0 Å². The number of nitrogens with zero attached hydrogens (tertiary/aromatic N) is 3. The number of guanidine groups is 3. The first-order chi connectivity index (χ1) is 38.0. The lowest BCUT2D eigenvalue weighted by Crippen LogP contribution is -2.59. The second-order valence-electron chi connectivity index (χ2n) is 19.0. The quantitative estimate of drug-likeness (QED) is 0.0154. The van der Waals surface area contributed by atoms with Crippen LogP contribution in [-0.4, -0.2) is 188 Å². The van der Waals surface area contributed by atoms with Crippen LogP contribution in [0.5, 0.6) is 0 Å². The lowest BCUT2D eigenvalue weighted by molar-refractivity contribution is -0.138. The van der Waals surface area contributed by atoms with Crippen molar-refractivity contribution in [3.63, 3.8) is 0 Å². The minimum atomic E-state index is -1.35. The molecule has 0 aliphatic heterocycles. The molecule has 0 aliphatic carbocycles. The molecule has 0 unspecified atom stereocenters. The summed E-state index contributed by atoms with van der Waals surface area (Å²) < 4.78 is 0. The van der Waals surface area contributed by atoms with Crippen LogP contribution in [0.2, 0.25) is 0 Å². The number of aliphatic carboxylic acids is 1. The largest absolute Gasteiger partial charge is 0.480 e. The standard InChI is InChI=1S/C47H90N22O12/c1-24(35(72)60-23-34(70)71)63-41(78)30(14-6-8-18-48)69-44(81)31(15-7-9-19-49)66-39(76)28(5)65-42(79)32(16-11-21-58-46(53)54)67-38(75)27(4)62-36(73)25(2)61-37(74)26(3)64-43(80)33(17-12-22-59-47(55)56)68-40(77)29(50)13-10-20-57-45(51)52/h24-33H,6-23,48-50H2,1-5H3,(H,60,72)(H,61,74)(H,62,73)(H,63,78)(H,64,80)(H,65,79)(H,66,76)(H,67,75)(H,68,77)(H,69,81)(H,70,71)(H4,51,52,57)(H4,53,54,58)(H4,55,56,59)/t24-,25-,26-,27-,28-,29-,30-,31-,32-,33-/m0/s1. The van der Waals surface area contributed by atoms with Crippen LogP contribution in [0.15, 0.2) is 15.0 Å². The first-order valence-corrected chi connectivity index (χ1v) is 26.6. The predicted molar refractivity (Wildman–Crippen MR) is 300 cm³/mol. The Balaban J connectivity index is 6.05. The average Bonchev–Trinajstić information content (AvgIpc) is 3.39. The van der Waals surface area contributed by atoms with Crippen molar-refractivity contribution in [1.29, 1.82) is 0 Å². The van der Waals surface area contributed by atoms with Crippen LogP contribution in [0.4, 0.5) is 0 Å². The normalized spacial score (nSPS) is 14.5. The second kappa shape index (κ2) is 40.1. The molecule has 0 saturated carbocycles. The van der Waals surface area contributed by atoms with Crippen LogP contribution in [0.1, 0.15) is 112 Å². The Morgan fingerprint density at radius 1 is 0.358 bits per heavy atom. The third kappa shape index (κ3) is 32.5. The average molecular weight is 1160 g/mol. The van der Waals surface area contributed by atoms with Crippen LogP contribution in [0.25, 0.3) is 0 Å². The van der Waals surface area contributed by atoms with E-state index in [9.17, 15) is 52.7 Å². The monoisotopic (exact) mass is 1150 g/mol. The van der Waals surface area contributed by atoms with Gasteiger partial charge in [-0.05, 0) is 125 Å². The number of nitrogens with one attached hydrogen (secondary N) is 10. The molecule has 81 heavy (non-hydrogen) atoms. The van der Waals surface area contributed by atoms with Gasteiger partial charge >= 0.3 is 5.97 Å². The molecule has 34 nitrogen and oxygen atoms in total. The van der Waals surface area contributed by atoms with Gasteiger partial charge < -0.3 is 110 Å². The number of hydrogen-bond acceptors (Lipinski definition) is 17. The molecule has 0 aromatic heterocycles.